The lowest BCUT2D eigenvalue weighted by Gasteiger charge is -2.20. The van der Waals surface area contributed by atoms with E-state index in [1.165, 1.54) is 11.3 Å². The number of thiazole rings is 1. The van der Waals surface area contributed by atoms with Gasteiger partial charge in [0.05, 0.1) is 23.4 Å². The second-order valence-electron chi connectivity index (χ2n) is 5.73. The lowest BCUT2D eigenvalue weighted by atomic mass is 10.1. The van der Waals surface area contributed by atoms with Crippen LogP contribution in [-0.4, -0.2) is 29.8 Å². The van der Waals surface area contributed by atoms with E-state index in [0.29, 0.717) is 18.0 Å². The molecule has 0 saturated carbocycles. The monoisotopic (exact) mass is 347 g/mol. The van der Waals surface area contributed by atoms with Crippen LogP contribution in [0.25, 0.3) is 0 Å². The number of carbonyl (C=O) groups is 1. The lowest BCUT2D eigenvalue weighted by Crippen LogP contribution is -2.42. The molecule has 128 valence electrons. The summed E-state index contributed by atoms with van der Waals surface area (Å²) in [6.07, 6.45) is 2.14. The highest BCUT2D eigenvalue weighted by molar-refractivity contribution is 7.07. The van der Waals surface area contributed by atoms with E-state index in [9.17, 15) is 4.79 Å². The second-order valence-corrected chi connectivity index (χ2v) is 6.45. The fourth-order valence-electron chi connectivity index (χ4n) is 2.59. The Balaban J connectivity index is 1.50. The molecule has 1 fully saturated rings. The molecule has 0 unspecified atom stereocenters. The highest BCUT2D eigenvalue weighted by Gasteiger charge is 2.23. The number of benzene rings is 1. The highest BCUT2D eigenvalue weighted by Crippen LogP contribution is 2.19. The van der Waals surface area contributed by atoms with Crippen molar-refractivity contribution in [2.24, 2.45) is 0 Å². The van der Waals surface area contributed by atoms with Crippen molar-refractivity contribution in [1.29, 1.82) is 0 Å². The van der Waals surface area contributed by atoms with Gasteiger partial charge in [-0.25, -0.2) is 9.78 Å². The van der Waals surface area contributed by atoms with Crippen molar-refractivity contribution in [3.8, 4) is 5.75 Å². The van der Waals surface area contributed by atoms with Gasteiger partial charge in [-0.3, -0.25) is 0 Å². The number of amides is 2. The molecular weight excluding hydrogens is 326 g/mol. The van der Waals surface area contributed by atoms with E-state index in [1.54, 1.807) is 11.6 Å². The molecule has 1 saturated heterocycles. The third kappa shape index (κ3) is 4.69. The molecule has 24 heavy (non-hydrogen) atoms. The van der Waals surface area contributed by atoms with Crippen LogP contribution in [0, 0.1) is 0 Å². The van der Waals surface area contributed by atoms with Crippen LogP contribution in [0.4, 0.5) is 10.5 Å². The standard InChI is InChI=1S/C17H21N3O3S/c1-12(16-6-3-7-22-16)19-17(21)20-13-4-2-5-15(8-13)23-9-14-10-24-11-18-14/h2,4-5,8,10-12,16H,3,6-7,9H2,1H3,(H2,19,20,21)/t12-,16+/m1/s1. The first-order valence-electron chi connectivity index (χ1n) is 8.00. The minimum absolute atomic E-state index is 0.0170. The number of urea groups is 1. The number of anilines is 1. The number of aromatic nitrogens is 1. The normalized spacial score (nSPS) is 18.1. The molecule has 0 spiro atoms. The number of hydrogen-bond acceptors (Lipinski definition) is 5. The van der Waals surface area contributed by atoms with E-state index >= 15 is 0 Å². The van der Waals surface area contributed by atoms with Gasteiger partial charge >= 0.3 is 6.03 Å². The summed E-state index contributed by atoms with van der Waals surface area (Å²) in [6, 6.07) is 7.06. The molecule has 1 aliphatic rings. The van der Waals surface area contributed by atoms with E-state index in [2.05, 4.69) is 15.6 Å². The molecule has 2 N–H and O–H groups in total. The second kappa shape index (κ2) is 8.12. The summed E-state index contributed by atoms with van der Waals surface area (Å²) in [4.78, 5) is 16.3. The van der Waals surface area contributed by atoms with Gasteiger partial charge in [0, 0.05) is 23.7 Å². The Morgan fingerprint density at radius 1 is 1.54 bits per heavy atom. The smallest absolute Gasteiger partial charge is 0.319 e. The van der Waals surface area contributed by atoms with Gasteiger partial charge in [-0.2, -0.15) is 0 Å². The number of hydrogen-bond donors (Lipinski definition) is 2. The summed E-state index contributed by atoms with van der Waals surface area (Å²) >= 11 is 1.54. The molecule has 0 bridgehead atoms. The van der Waals surface area contributed by atoms with Crippen LogP contribution in [0.1, 0.15) is 25.5 Å². The van der Waals surface area contributed by atoms with Gasteiger partial charge in [0.1, 0.15) is 12.4 Å². The Hall–Kier alpha value is -2.12. The molecular formula is C17H21N3O3S. The first-order valence-corrected chi connectivity index (χ1v) is 8.94. The molecule has 1 aromatic carbocycles. The Morgan fingerprint density at radius 2 is 2.46 bits per heavy atom. The van der Waals surface area contributed by atoms with Crippen LogP contribution in [0.5, 0.6) is 5.75 Å². The summed E-state index contributed by atoms with van der Waals surface area (Å²) in [5, 5.41) is 7.70. The van der Waals surface area contributed by atoms with Crippen molar-refractivity contribution in [3.63, 3.8) is 0 Å². The first kappa shape index (κ1) is 16.7. The van der Waals surface area contributed by atoms with Crippen molar-refractivity contribution in [3.05, 3.63) is 40.8 Å². The number of nitrogens with zero attached hydrogens (tertiary/aromatic N) is 1. The number of carbonyl (C=O) groups excluding carboxylic acids is 1. The molecule has 7 heteroatoms. The third-order valence-corrected chi connectivity index (χ3v) is 4.48. The molecule has 2 aromatic rings. The summed E-state index contributed by atoms with van der Waals surface area (Å²) in [5.74, 6) is 0.688. The van der Waals surface area contributed by atoms with Crippen molar-refractivity contribution >= 4 is 23.1 Å². The largest absolute Gasteiger partial charge is 0.487 e. The zero-order chi connectivity index (χ0) is 16.8. The maximum Gasteiger partial charge on any atom is 0.319 e. The van der Waals surface area contributed by atoms with Crippen LogP contribution in [0.2, 0.25) is 0 Å². The Morgan fingerprint density at radius 3 is 3.21 bits per heavy atom. The molecule has 2 atom stereocenters. The van der Waals surface area contributed by atoms with E-state index in [4.69, 9.17) is 9.47 Å². The van der Waals surface area contributed by atoms with E-state index in [-0.39, 0.29) is 18.2 Å². The summed E-state index contributed by atoms with van der Waals surface area (Å²) in [5.41, 5.74) is 3.35. The first-order chi connectivity index (χ1) is 11.7. The van der Waals surface area contributed by atoms with E-state index < -0.39 is 0 Å². The van der Waals surface area contributed by atoms with Crippen molar-refractivity contribution < 1.29 is 14.3 Å². The predicted octanol–water partition coefficient (Wildman–Crippen LogP) is 3.41. The molecule has 0 aliphatic carbocycles. The molecule has 0 radical (unpaired) electrons. The molecule has 1 aliphatic heterocycles. The predicted molar refractivity (Wildman–Crippen MR) is 93.5 cm³/mol. The van der Waals surface area contributed by atoms with Gasteiger partial charge in [0.15, 0.2) is 0 Å². The molecule has 6 nitrogen and oxygen atoms in total. The maximum atomic E-state index is 12.1. The van der Waals surface area contributed by atoms with Crippen LogP contribution in [0.15, 0.2) is 35.2 Å². The molecule has 2 amide bonds. The quantitative estimate of drug-likeness (QED) is 0.840. The summed E-state index contributed by atoms with van der Waals surface area (Å²) in [6.45, 7) is 3.15. The zero-order valence-corrected chi connectivity index (χ0v) is 14.3. The Kier molecular flexibility index (Phi) is 5.66. The minimum atomic E-state index is -0.241. The zero-order valence-electron chi connectivity index (χ0n) is 13.5. The highest BCUT2D eigenvalue weighted by atomic mass is 32.1. The van der Waals surface area contributed by atoms with Gasteiger partial charge in [0.25, 0.3) is 0 Å². The topological polar surface area (TPSA) is 72.5 Å². The van der Waals surface area contributed by atoms with Gasteiger partial charge in [-0.15, -0.1) is 11.3 Å². The van der Waals surface area contributed by atoms with Crippen LogP contribution >= 0.6 is 11.3 Å². The molecule has 3 rings (SSSR count). The van der Waals surface area contributed by atoms with Crippen molar-refractivity contribution in [2.75, 3.05) is 11.9 Å². The van der Waals surface area contributed by atoms with E-state index in [1.807, 2.05) is 30.5 Å². The average molecular weight is 347 g/mol. The maximum absolute atomic E-state index is 12.1. The third-order valence-electron chi connectivity index (χ3n) is 3.84. The van der Waals surface area contributed by atoms with Gasteiger partial charge in [-0.1, -0.05) is 6.07 Å². The Labute approximate surface area is 145 Å². The summed E-state index contributed by atoms with van der Waals surface area (Å²) < 4.78 is 11.3. The fraction of sp³-hybridized carbons (Fsp3) is 0.412. The number of nitrogens with one attached hydrogen (secondary N) is 2. The van der Waals surface area contributed by atoms with Crippen molar-refractivity contribution in [2.45, 2.75) is 38.5 Å². The molecule has 1 aromatic heterocycles. The van der Waals surface area contributed by atoms with Crippen LogP contribution < -0.4 is 15.4 Å². The van der Waals surface area contributed by atoms with Gasteiger partial charge in [0.2, 0.25) is 0 Å². The fourth-order valence-corrected chi connectivity index (χ4v) is 3.14. The molecule has 2 heterocycles. The van der Waals surface area contributed by atoms with Gasteiger partial charge < -0.3 is 20.1 Å². The Bertz CT molecular complexity index is 657. The van der Waals surface area contributed by atoms with Crippen LogP contribution in [-0.2, 0) is 11.3 Å². The average Bonchev–Trinajstić information content (AvgIpc) is 3.27. The summed E-state index contributed by atoms with van der Waals surface area (Å²) in [7, 11) is 0. The minimum Gasteiger partial charge on any atom is -0.487 e. The lowest BCUT2D eigenvalue weighted by molar-refractivity contribution is 0.0868. The van der Waals surface area contributed by atoms with Gasteiger partial charge in [-0.05, 0) is 31.9 Å². The van der Waals surface area contributed by atoms with Crippen molar-refractivity contribution in [1.82, 2.24) is 10.3 Å². The van der Waals surface area contributed by atoms with Crippen LogP contribution in [0.3, 0.4) is 0 Å². The SMILES string of the molecule is C[C@@H](NC(=O)Nc1cccc(OCc2cscn2)c1)[C@@H]1CCCO1. The number of ether oxygens (including phenoxy) is 2. The number of rotatable bonds is 6. The van der Waals surface area contributed by atoms with E-state index in [0.717, 1.165) is 25.1 Å².